The van der Waals surface area contributed by atoms with E-state index in [0.717, 1.165) is 26.2 Å². The number of carbonyl (C=O) groups is 1. The summed E-state index contributed by atoms with van der Waals surface area (Å²) >= 11 is 0. The van der Waals surface area contributed by atoms with Gasteiger partial charge in [0, 0.05) is 50.8 Å². The number of nitrogens with one attached hydrogen (secondary N) is 1. The second-order valence-electron chi connectivity index (χ2n) is 7.56. The monoisotopic (exact) mass is 378 g/mol. The largest absolute Gasteiger partial charge is 0.337 e. The number of piperidine rings is 1. The van der Waals surface area contributed by atoms with Crippen molar-refractivity contribution in [2.24, 2.45) is 13.0 Å². The van der Waals surface area contributed by atoms with Crippen LogP contribution in [-0.2, 0) is 20.1 Å². The lowest BCUT2D eigenvalue weighted by atomic mass is 9.97. The summed E-state index contributed by atoms with van der Waals surface area (Å²) < 4.78 is 3.83. The molecule has 1 amide bonds. The molecule has 7 nitrogen and oxygen atoms in total. The standard InChI is InChI=1S/C21H26N6O/c1-25-15-20(11-23-25)24-21(28)19-6-4-17(5-7-19)12-26-9-2-3-18(13-26)14-27-10-8-22-16-27/h4-8,10-11,15-16,18H,2-3,9,12-14H2,1H3,(H,24,28). The van der Waals surface area contributed by atoms with Gasteiger partial charge in [0.05, 0.1) is 18.2 Å². The molecule has 1 saturated heterocycles. The number of rotatable bonds is 6. The van der Waals surface area contributed by atoms with Crippen LogP contribution in [0, 0.1) is 5.92 Å². The first kappa shape index (κ1) is 18.4. The van der Waals surface area contributed by atoms with Crippen molar-refractivity contribution in [1.82, 2.24) is 24.2 Å². The molecule has 0 spiro atoms. The summed E-state index contributed by atoms with van der Waals surface area (Å²) in [5.41, 5.74) is 2.60. The average Bonchev–Trinajstić information content (AvgIpc) is 3.34. The van der Waals surface area contributed by atoms with E-state index in [2.05, 4.69) is 37.0 Å². The highest BCUT2D eigenvalue weighted by Gasteiger charge is 2.20. The van der Waals surface area contributed by atoms with Crippen molar-refractivity contribution in [2.75, 3.05) is 18.4 Å². The summed E-state index contributed by atoms with van der Waals surface area (Å²) in [4.78, 5) is 19.0. The summed E-state index contributed by atoms with van der Waals surface area (Å²) in [5, 5.41) is 6.93. The molecule has 2 aromatic heterocycles. The molecule has 1 atom stereocenters. The SMILES string of the molecule is Cn1cc(NC(=O)c2ccc(CN3CCCC(Cn4ccnc4)C3)cc2)cn1. The average molecular weight is 378 g/mol. The number of amides is 1. The van der Waals surface area contributed by atoms with E-state index in [9.17, 15) is 4.79 Å². The minimum absolute atomic E-state index is 0.113. The van der Waals surface area contributed by atoms with Crippen molar-refractivity contribution in [3.63, 3.8) is 0 Å². The van der Waals surface area contributed by atoms with Crippen LogP contribution in [0.2, 0.25) is 0 Å². The third-order valence-electron chi connectivity index (χ3n) is 5.22. The molecule has 146 valence electrons. The van der Waals surface area contributed by atoms with Gasteiger partial charge < -0.3 is 9.88 Å². The Balaban J connectivity index is 1.31. The zero-order valence-corrected chi connectivity index (χ0v) is 16.2. The van der Waals surface area contributed by atoms with Crippen LogP contribution in [0.4, 0.5) is 5.69 Å². The number of likely N-dealkylation sites (tertiary alicyclic amines) is 1. The Morgan fingerprint density at radius 1 is 1.29 bits per heavy atom. The van der Waals surface area contributed by atoms with Crippen molar-refractivity contribution in [1.29, 1.82) is 0 Å². The fraction of sp³-hybridized carbons (Fsp3) is 0.381. The Labute approximate surface area is 165 Å². The number of hydrogen-bond acceptors (Lipinski definition) is 4. The van der Waals surface area contributed by atoms with E-state index in [-0.39, 0.29) is 5.91 Å². The van der Waals surface area contributed by atoms with E-state index in [1.807, 2.05) is 37.9 Å². The number of aryl methyl sites for hydroxylation is 1. The molecule has 0 radical (unpaired) electrons. The number of imidazole rings is 1. The molecule has 1 aromatic carbocycles. The van der Waals surface area contributed by atoms with Gasteiger partial charge >= 0.3 is 0 Å². The third-order valence-corrected chi connectivity index (χ3v) is 5.22. The number of benzene rings is 1. The van der Waals surface area contributed by atoms with Gasteiger partial charge in [-0.25, -0.2) is 4.98 Å². The maximum atomic E-state index is 12.4. The molecular formula is C21H26N6O. The lowest BCUT2D eigenvalue weighted by Crippen LogP contribution is -2.36. The summed E-state index contributed by atoms with van der Waals surface area (Å²) in [7, 11) is 1.82. The molecule has 1 aliphatic rings. The number of anilines is 1. The van der Waals surface area contributed by atoms with Crippen LogP contribution in [0.25, 0.3) is 0 Å². The lowest BCUT2D eigenvalue weighted by molar-refractivity contribution is 0.102. The van der Waals surface area contributed by atoms with Crippen LogP contribution in [-0.4, -0.2) is 43.2 Å². The molecule has 28 heavy (non-hydrogen) atoms. The second-order valence-corrected chi connectivity index (χ2v) is 7.56. The highest BCUT2D eigenvalue weighted by atomic mass is 16.1. The zero-order chi connectivity index (χ0) is 19.3. The van der Waals surface area contributed by atoms with E-state index in [1.165, 1.54) is 18.4 Å². The van der Waals surface area contributed by atoms with Gasteiger partial charge in [-0.3, -0.25) is 14.4 Å². The predicted octanol–water partition coefficient (Wildman–Crippen LogP) is 2.78. The predicted molar refractivity (Wildman–Crippen MR) is 108 cm³/mol. The van der Waals surface area contributed by atoms with Crippen molar-refractivity contribution in [3.8, 4) is 0 Å². The van der Waals surface area contributed by atoms with Gasteiger partial charge in [0.2, 0.25) is 0 Å². The Morgan fingerprint density at radius 2 is 2.14 bits per heavy atom. The maximum absolute atomic E-state index is 12.4. The van der Waals surface area contributed by atoms with Gasteiger partial charge in [-0.05, 0) is 43.0 Å². The molecule has 0 saturated carbocycles. The van der Waals surface area contributed by atoms with Crippen LogP contribution in [0.1, 0.15) is 28.8 Å². The van der Waals surface area contributed by atoms with Gasteiger partial charge in [-0.15, -0.1) is 0 Å². The smallest absolute Gasteiger partial charge is 0.255 e. The van der Waals surface area contributed by atoms with Crippen molar-refractivity contribution >= 4 is 11.6 Å². The molecule has 1 fully saturated rings. The lowest BCUT2D eigenvalue weighted by Gasteiger charge is -2.33. The first-order valence-electron chi connectivity index (χ1n) is 9.73. The van der Waals surface area contributed by atoms with E-state index < -0.39 is 0 Å². The van der Waals surface area contributed by atoms with E-state index in [1.54, 1.807) is 17.1 Å². The number of nitrogens with zero attached hydrogens (tertiary/aromatic N) is 5. The first-order valence-corrected chi connectivity index (χ1v) is 9.73. The maximum Gasteiger partial charge on any atom is 0.255 e. The van der Waals surface area contributed by atoms with Crippen LogP contribution in [0.5, 0.6) is 0 Å². The van der Waals surface area contributed by atoms with Crippen LogP contribution >= 0.6 is 0 Å². The van der Waals surface area contributed by atoms with Gasteiger partial charge in [0.15, 0.2) is 0 Å². The molecule has 0 aliphatic carbocycles. The number of carbonyl (C=O) groups excluding carboxylic acids is 1. The topological polar surface area (TPSA) is 68.0 Å². The minimum atomic E-state index is -0.113. The Morgan fingerprint density at radius 3 is 2.86 bits per heavy atom. The molecule has 3 aromatic rings. The van der Waals surface area contributed by atoms with Crippen molar-refractivity contribution < 1.29 is 4.79 Å². The van der Waals surface area contributed by atoms with Crippen LogP contribution in [0.15, 0.2) is 55.4 Å². The van der Waals surface area contributed by atoms with E-state index in [4.69, 9.17) is 0 Å². The first-order chi connectivity index (χ1) is 13.7. The van der Waals surface area contributed by atoms with Crippen molar-refractivity contribution in [3.05, 3.63) is 66.5 Å². The molecule has 0 bridgehead atoms. The van der Waals surface area contributed by atoms with E-state index >= 15 is 0 Å². The molecule has 7 heteroatoms. The molecule has 1 N–H and O–H groups in total. The summed E-state index contributed by atoms with van der Waals surface area (Å²) in [6.07, 6.45) is 11.7. The summed E-state index contributed by atoms with van der Waals surface area (Å²) in [6, 6.07) is 7.90. The fourth-order valence-electron chi connectivity index (χ4n) is 3.85. The highest BCUT2D eigenvalue weighted by Crippen LogP contribution is 2.20. The number of hydrogen-bond donors (Lipinski definition) is 1. The normalized spacial score (nSPS) is 17.5. The second kappa shape index (κ2) is 8.39. The fourth-order valence-corrected chi connectivity index (χ4v) is 3.85. The van der Waals surface area contributed by atoms with Crippen LogP contribution < -0.4 is 5.32 Å². The van der Waals surface area contributed by atoms with E-state index in [0.29, 0.717) is 17.2 Å². The summed E-state index contributed by atoms with van der Waals surface area (Å²) in [6.45, 7) is 4.18. The molecule has 3 heterocycles. The third kappa shape index (κ3) is 4.67. The Hall–Kier alpha value is -2.93. The van der Waals surface area contributed by atoms with Crippen LogP contribution in [0.3, 0.4) is 0 Å². The van der Waals surface area contributed by atoms with Gasteiger partial charge in [0.1, 0.15) is 0 Å². The summed E-state index contributed by atoms with van der Waals surface area (Å²) in [5.74, 6) is 0.547. The van der Waals surface area contributed by atoms with Gasteiger partial charge in [-0.2, -0.15) is 5.10 Å². The zero-order valence-electron chi connectivity index (χ0n) is 16.2. The molecular weight excluding hydrogens is 352 g/mol. The molecule has 1 aliphatic heterocycles. The Bertz CT molecular complexity index is 899. The molecule has 4 rings (SSSR count). The highest BCUT2D eigenvalue weighted by molar-refractivity contribution is 6.04. The van der Waals surface area contributed by atoms with Crippen molar-refractivity contribution in [2.45, 2.75) is 25.9 Å². The van der Waals surface area contributed by atoms with Gasteiger partial charge in [-0.1, -0.05) is 12.1 Å². The number of aromatic nitrogens is 4. The quantitative estimate of drug-likeness (QED) is 0.716. The van der Waals surface area contributed by atoms with Gasteiger partial charge in [0.25, 0.3) is 5.91 Å². The minimum Gasteiger partial charge on any atom is -0.337 e. The Kier molecular flexibility index (Phi) is 5.53. The molecule has 1 unspecified atom stereocenters.